The summed E-state index contributed by atoms with van der Waals surface area (Å²) in [4.78, 5) is 0. The van der Waals surface area contributed by atoms with E-state index in [0.717, 1.165) is 0 Å². The Bertz CT molecular complexity index is 252. The van der Waals surface area contributed by atoms with Crippen LogP contribution in [-0.4, -0.2) is 19.8 Å². The van der Waals surface area contributed by atoms with Gasteiger partial charge in [0.1, 0.15) is 0 Å². The van der Waals surface area contributed by atoms with Gasteiger partial charge in [0.15, 0.2) is 0 Å². The summed E-state index contributed by atoms with van der Waals surface area (Å²) in [7, 11) is -5.01. The maximum Gasteiger partial charge on any atom is 0.468 e. The van der Waals surface area contributed by atoms with Gasteiger partial charge in [0.05, 0.1) is 0 Å². The molecule has 1 heterocycles. The Labute approximate surface area is 52.7 Å². The van der Waals surface area contributed by atoms with Crippen LogP contribution in [0.15, 0.2) is 0 Å². The van der Waals surface area contributed by atoms with Crippen LogP contribution in [0.5, 0.6) is 0 Å². The lowest BCUT2D eigenvalue weighted by molar-refractivity contribution is -0.222. The van der Waals surface area contributed by atoms with Gasteiger partial charge >= 0.3 is 21.5 Å². The first-order valence-corrected chi connectivity index (χ1v) is 3.32. The lowest BCUT2D eigenvalue weighted by atomic mass is 10.7. The van der Waals surface area contributed by atoms with E-state index in [1.807, 2.05) is 0 Å². The van der Waals surface area contributed by atoms with Crippen molar-refractivity contribution in [2.24, 2.45) is 0 Å². The van der Waals surface area contributed by atoms with Gasteiger partial charge in [-0.3, -0.25) is 0 Å². The molecule has 1 fully saturated rings. The molecule has 0 N–H and O–H groups in total. The van der Waals surface area contributed by atoms with Crippen LogP contribution in [0.4, 0.5) is 17.6 Å². The zero-order chi connectivity index (χ0) is 8.21. The fourth-order valence-corrected chi connectivity index (χ4v) is 1.11. The molecule has 10 heavy (non-hydrogen) atoms. The third-order valence-corrected chi connectivity index (χ3v) is 2.11. The highest BCUT2D eigenvalue weighted by atomic mass is 32.2. The Balaban J connectivity index is 3.00. The highest BCUT2D eigenvalue weighted by molar-refractivity contribution is 7.93. The first-order chi connectivity index (χ1) is 4.21. The highest BCUT2D eigenvalue weighted by Gasteiger charge is 2.83. The second-order valence-corrected chi connectivity index (χ2v) is 3.17. The van der Waals surface area contributed by atoms with Crippen LogP contribution in [-0.2, 0) is 14.3 Å². The largest absolute Gasteiger partial charge is 0.468 e. The number of hydrogen-bond donors (Lipinski definition) is 0. The van der Waals surface area contributed by atoms with Crippen LogP contribution < -0.4 is 0 Å². The van der Waals surface area contributed by atoms with Crippen molar-refractivity contribution in [1.29, 1.82) is 0 Å². The molecule has 8 heteroatoms. The van der Waals surface area contributed by atoms with Crippen LogP contribution in [0.1, 0.15) is 0 Å². The van der Waals surface area contributed by atoms with Crippen molar-refractivity contribution in [3.05, 3.63) is 0 Å². The summed E-state index contributed by atoms with van der Waals surface area (Å²) in [6, 6.07) is 0. The van der Waals surface area contributed by atoms with Gasteiger partial charge in [0, 0.05) is 0 Å². The molecule has 0 aromatic carbocycles. The monoisotopic (exact) mass is 180 g/mol. The zero-order valence-electron chi connectivity index (χ0n) is 4.14. The van der Waals surface area contributed by atoms with Gasteiger partial charge in [-0.15, -0.1) is 0 Å². The van der Waals surface area contributed by atoms with Gasteiger partial charge in [-0.2, -0.15) is 26.0 Å². The van der Waals surface area contributed by atoms with Gasteiger partial charge in [-0.25, -0.2) is 4.18 Å². The quantitative estimate of drug-likeness (QED) is 0.403. The molecule has 0 aliphatic carbocycles. The van der Waals surface area contributed by atoms with Gasteiger partial charge in [-0.05, 0) is 0 Å². The van der Waals surface area contributed by atoms with Crippen molar-refractivity contribution in [3.8, 4) is 0 Å². The van der Waals surface area contributed by atoms with Crippen LogP contribution in [0.2, 0.25) is 0 Å². The fraction of sp³-hybridized carbons (Fsp3) is 1.00. The Hall–Kier alpha value is -0.370. The number of rotatable bonds is 0. The molecule has 0 amide bonds. The van der Waals surface area contributed by atoms with Crippen molar-refractivity contribution in [3.63, 3.8) is 0 Å². The molecular weight excluding hydrogens is 180 g/mol. The van der Waals surface area contributed by atoms with Gasteiger partial charge in [0.2, 0.25) is 0 Å². The summed E-state index contributed by atoms with van der Waals surface area (Å²) in [5, 5.41) is -4.44. The lowest BCUT2D eigenvalue weighted by Gasteiger charge is -2.00. The van der Waals surface area contributed by atoms with Crippen LogP contribution in [0, 0.1) is 0 Å². The average molecular weight is 180 g/mol. The van der Waals surface area contributed by atoms with E-state index in [-0.39, 0.29) is 0 Å². The molecule has 1 unspecified atom stereocenters. The predicted octanol–water partition coefficient (Wildman–Crippen LogP) is 0.532. The van der Waals surface area contributed by atoms with Crippen molar-refractivity contribution in [1.82, 2.24) is 0 Å². The van der Waals surface area contributed by atoms with E-state index in [2.05, 4.69) is 4.18 Å². The van der Waals surface area contributed by atoms with Crippen molar-refractivity contribution in [2.75, 3.05) is 0 Å². The lowest BCUT2D eigenvalue weighted by Crippen LogP contribution is -2.28. The Kier molecular flexibility index (Phi) is 1.12. The molecule has 0 aromatic rings. The molecule has 1 atom stereocenters. The van der Waals surface area contributed by atoms with E-state index >= 15 is 0 Å². The molecule has 3 nitrogen and oxygen atoms in total. The average Bonchev–Trinajstić information content (AvgIpc) is 2.05. The second kappa shape index (κ2) is 1.45. The minimum absolute atomic E-state index is 2.84. The number of hydrogen-bond acceptors (Lipinski definition) is 3. The molecule has 1 saturated heterocycles. The number of alkyl halides is 4. The second-order valence-electron chi connectivity index (χ2n) is 1.57. The predicted molar refractivity (Wildman–Crippen MR) is 19.9 cm³/mol. The van der Waals surface area contributed by atoms with E-state index < -0.39 is 21.5 Å². The van der Waals surface area contributed by atoms with E-state index in [1.165, 1.54) is 0 Å². The van der Waals surface area contributed by atoms with Crippen molar-refractivity contribution in [2.45, 2.75) is 11.4 Å². The summed E-state index contributed by atoms with van der Waals surface area (Å²) in [5.41, 5.74) is 0. The topological polar surface area (TPSA) is 46.7 Å². The summed E-state index contributed by atoms with van der Waals surface area (Å²) in [5.74, 6) is 0. The molecule has 0 aromatic heterocycles. The van der Waals surface area contributed by atoms with Crippen LogP contribution >= 0.6 is 0 Å². The van der Waals surface area contributed by atoms with Gasteiger partial charge in [0.25, 0.3) is 0 Å². The molecular formula is C2F4O3S. The standard InChI is InChI=1S/C2F4O3S/c3-1(4,5)2(6)9-10(2,7)8. The molecule has 1 aliphatic rings. The summed E-state index contributed by atoms with van der Waals surface area (Å²) < 4.78 is 67.9. The van der Waals surface area contributed by atoms with Crippen LogP contribution in [0.25, 0.3) is 0 Å². The zero-order valence-corrected chi connectivity index (χ0v) is 4.96. The summed E-state index contributed by atoms with van der Waals surface area (Å²) >= 11 is 0. The minimum atomic E-state index is -5.49. The molecule has 1 aliphatic heterocycles. The summed E-state index contributed by atoms with van der Waals surface area (Å²) in [6.45, 7) is 0. The Morgan fingerprint density at radius 1 is 1.30 bits per heavy atom. The minimum Gasteiger partial charge on any atom is -0.201 e. The Morgan fingerprint density at radius 3 is 1.60 bits per heavy atom. The number of halogens is 4. The Morgan fingerprint density at radius 2 is 1.60 bits per heavy atom. The molecule has 0 saturated carbocycles. The van der Waals surface area contributed by atoms with E-state index in [1.54, 1.807) is 0 Å². The molecule has 60 valence electrons. The maximum absolute atomic E-state index is 11.8. The third kappa shape index (κ3) is 0.717. The van der Waals surface area contributed by atoms with Crippen molar-refractivity contribution < 1.29 is 30.2 Å². The maximum atomic E-state index is 11.8. The molecule has 0 spiro atoms. The van der Waals surface area contributed by atoms with E-state index in [4.69, 9.17) is 0 Å². The van der Waals surface area contributed by atoms with Crippen molar-refractivity contribution >= 4 is 10.1 Å². The molecule has 1 rings (SSSR count). The first kappa shape index (κ1) is 7.73. The van der Waals surface area contributed by atoms with Gasteiger partial charge < -0.3 is 0 Å². The molecule has 0 radical (unpaired) electrons. The van der Waals surface area contributed by atoms with E-state index in [9.17, 15) is 26.0 Å². The van der Waals surface area contributed by atoms with Crippen LogP contribution in [0.3, 0.4) is 0 Å². The first-order valence-electron chi connectivity index (χ1n) is 1.91. The summed E-state index contributed by atoms with van der Waals surface area (Å²) in [6.07, 6.45) is -5.49. The third-order valence-electron chi connectivity index (χ3n) is 0.851. The normalized spacial score (nSPS) is 37.6. The fourth-order valence-electron chi connectivity index (χ4n) is 0.313. The SMILES string of the molecule is O=S1(=O)OC1(F)C(F)(F)F. The van der Waals surface area contributed by atoms with Gasteiger partial charge in [-0.1, -0.05) is 0 Å². The van der Waals surface area contributed by atoms with E-state index in [0.29, 0.717) is 0 Å². The highest BCUT2D eigenvalue weighted by Crippen LogP contribution is 2.52. The smallest absolute Gasteiger partial charge is 0.201 e. The molecule has 0 bridgehead atoms.